The first-order valence-corrected chi connectivity index (χ1v) is 5.92. The van der Waals surface area contributed by atoms with Gasteiger partial charge in [-0.05, 0) is 31.3 Å². The normalized spacial score (nSPS) is 11.9. The molecule has 0 saturated heterocycles. The van der Waals surface area contributed by atoms with Crippen molar-refractivity contribution in [1.82, 2.24) is 5.32 Å². The van der Waals surface area contributed by atoms with Gasteiger partial charge in [0.1, 0.15) is 0 Å². The second kappa shape index (κ2) is 6.64. The lowest BCUT2D eigenvalue weighted by atomic mass is 10.1. The van der Waals surface area contributed by atoms with Gasteiger partial charge < -0.3 is 5.32 Å². The SMILES string of the molecule is CC#CCCC(NCC)c1cccs1. The van der Waals surface area contributed by atoms with E-state index in [1.54, 1.807) is 0 Å². The fraction of sp³-hybridized carbons (Fsp3) is 0.500. The van der Waals surface area contributed by atoms with Gasteiger partial charge in [-0.2, -0.15) is 0 Å². The fourth-order valence-corrected chi connectivity index (χ4v) is 2.26. The van der Waals surface area contributed by atoms with Crippen molar-refractivity contribution in [3.05, 3.63) is 22.4 Å². The lowest BCUT2D eigenvalue weighted by Crippen LogP contribution is -2.19. The smallest absolute Gasteiger partial charge is 0.0423 e. The molecule has 0 saturated carbocycles. The largest absolute Gasteiger partial charge is 0.309 e. The molecule has 1 unspecified atom stereocenters. The van der Waals surface area contributed by atoms with Crippen LogP contribution in [0, 0.1) is 11.8 Å². The molecule has 1 N–H and O–H groups in total. The molecular formula is C12H17NS. The van der Waals surface area contributed by atoms with E-state index in [0.29, 0.717) is 6.04 Å². The predicted molar refractivity (Wildman–Crippen MR) is 63.4 cm³/mol. The molecule has 1 rings (SSSR count). The van der Waals surface area contributed by atoms with Crippen LogP contribution < -0.4 is 5.32 Å². The molecule has 76 valence electrons. The van der Waals surface area contributed by atoms with Crippen LogP contribution in [-0.4, -0.2) is 6.54 Å². The third-order valence-electron chi connectivity index (χ3n) is 2.07. The Bertz CT molecular complexity index is 292. The van der Waals surface area contributed by atoms with Crippen molar-refractivity contribution in [3.63, 3.8) is 0 Å². The minimum Gasteiger partial charge on any atom is -0.309 e. The molecule has 0 bridgehead atoms. The number of hydrogen-bond donors (Lipinski definition) is 1. The first-order valence-electron chi connectivity index (χ1n) is 5.04. The molecule has 0 aliphatic carbocycles. The Labute approximate surface area is 90.5 Å². The first kappa shape index (κ1) is 11.3. The van der Waals surface area contributed by atoms with Gasteiger partial charge in [-0.25, -0.2) is 0 Å². The number of nitrogens with one attached hydrogen (secondary N) is 1. The van der Waals surface area contributed by atoms with Gasteiger partial charge >= 0.3 is 0 Å². The van der Waals surface area contributed by atoms with Crippen LogP contribution in [0.5, 0.6) is 0 Å². The van der Waals surface area contributed by atoms with Gasteiger partial charge in [0, 0.05) is 17.3 Å². The third-order valence-corrected chi connectivity index (χ3v) is 3.06. The zero-order valence-corrected chi connectivity index (χ0v) is 9.66. The molecule has 0 fully saturated rings. The molecule has 0 spiro atoms. The highest BCUT2D eigenvalue weighted by Gasteiger charge is 2.09. The summed E-state index contributed by atoms with van der Waals surface area (Å²) in [7, 11) is 0. The summed E-state index contributed by atoms with van der Waals surface area (Å²) in [4.78, 5) is 1.42. The summed E-state index contributed by atoms with van der Waals surface area (Å²) < 4.78 is 0. The monoisotopic (exact) mass is 207 g/mol. The van der Waals surface area contributed by atoms with Gasteiger partial charge in [-0.3, -0.25) is 0 Å². The zero-order chi connectivity index (χ0) is 10.2. The molecule has 2 heteroatoms. The highest BCUT2D eigenvalue weighted by atomic mass is 32.1. The fourth-order valence-electron chi connectivity index (χ4n) is 1.42. The lowest BCUT2D eigenvalue weighted by molar-refractivity contribution is 0.530. The van der Waals surface area contributed by atoms with Gasteiger partial charge in [0.05, 0.1) is 0 Å². The maximum Gasteiger partial charge on any atom is 0.0423 e. The van der Waals surface area contributed by atoms with E-state index in [1.165, 1.54) is 4.88 Å². The van der Waals surface area contributed by atoms with Crippen molar-refractivity contribution in [3.8, 4) is 11.8 Å². The van der Waals surface area contributed by atoms with Crippen LogP contribution in [0.25, 0.3) is 0 Å². The van der Waals surface area contributed by atoms with Crippen LogP contribution in [0.1, 0.15) is 37.6 Å². The maximum atomic E-state index is 3.49. The molecule has 1 nitrogen and oxygen atoms in total. The molecule has 0 aliphatic heterocycles. The van der Waals surface area contributed by atoms with E-state index in [9.17, 15) is 0 Å². The number of rotatable bonds is 5. The Morgan fingerprint density at radius 2 is 2.43 bits per heavy atom. The van der Waals surface area contributed by atoms with Gasteiger partial charge in [0.2, 0.25) is 0 Å². The van der Waals surface area contributed by atoms with E-state index in [2.05, 4.69) is 41.6 Å². The molecule has 0 aliphatic rings. The third kappa shape index (κ3) is 3.53. The van der Waals surface area contributed by atoms with Crippen LogP contribution in [-0.2, 0) is 0 Å². The van der Waals surface area contributed by atoms with E-state index in [4.69, 9.17) is 0 Å². The molecule has 0 aromatic carbocycles. The minimum atomic E-state index is 0.487. The quantitative estimate of drug-likeness (QED) is 0.731. The van der Waals surface area contributed by atoms with Crippen molar-refractivity contribution >= 4 is 11.3 Å². The molecular weight excluding hydrogens is 190 g/mol. The van der Waals surface area contributed by atoms with Crippen molar-refractivity contribution in [1.29, 1.82) is 0 Å². The van der Waals surface area contributed by atoms with Crippen LogP contribution in [0.3, 0.4) is 0 Å². The molecule has 1 atom stereocenters. The summed E-state index contributed by atoms with van der Waals surface area (Å²) >= 11 is 1.82. The van der Waals surface area contributed by atoms with Crippen molar-refractivity contribution in [2.75, 3.05) is 6.54 Å². The molecule has 1 aromatic heterocycles. The van der Waals surface area contributed by atoms with Crippen LogP contribution in [0.2, 0.25) is 0 Å². The van der Waals surface area contributed by atoms with E-state index >= 15 is 0 Å². The lowest BCUT2D eigenvalue weighted by Gasteiger charge is -2.14. The summed E-state index contributed by atoms with van der Waals surface area (Å²) in [6, 6.07) is 4.79. The summed E-state index contributed by atoms with van der Waals surface area (Å²) in [5, 5.41) is 5.62. The number of hydrogen-bond acceptors (Lipinski definition) is 2. The van der Waals surface area contributed by atoms with Gasteiger partial charge in [0.25, 0.3) is 0 Å². The Hall–Kier alpha value is -0.780. The van der Waals surface area contributed by atoms with Crippen LogP contribution in [0.4, 0.5) is 0 Å². The second-order valence-corrected chi connectivity index (χ2v) is 4.07. The predicted octanol–water partition coefficient (Wildman–Crippen LogP) is 3.20. The Morgan fingerprint density at radius 3 is 3.00 bits per heavy atom. The van der Waals surface area contributed by atoms with Crippen molar-refractivity contribution < 1.29 is 0 Å². The van der Waals surface area contributed by atoms with E-state index < -0.39 is 0 Å². The van der Waals surface area contributed by atoms with E-state index in [0.717, 1.165) is 19.4 Å². The number of thiophene rings is 1. The summed E-state index contributed by atoms with van der Waals surface area (Å²) in [5.41, 5.74) is 0. The Morgan fingerprint density at radius 1 is 1.57 bits per heavy atom. The molecule has 1 aromatic rings. The van der Waals surface area contributed by atoms with Crippen LogP contribution in [0.15, 0.2) is 17.5 Å². The van der Waals surface area contributed by atoms with Crippen molar-refractivity contribution in [2.45, 2.75) is 32.7 Å². The Kier molecular flexibility index (Phi) is 5.36. The summed E-state index contributed by atoms with van der Waals surface area (Å²) in [5.74, 6) is 6.05. The standard InChI is InChI=1S/C12H17NS/c1-3-5-6-8-11(13-4-2)12-9-7-10-14-12/h7,9-11,13H,4,6,8H2,1-2H3. The second-order valence-electron chi connectivity index (χ2n) is 3.09. The first-order chi connectivity index (χ1) is 6.88. The molecule has 14 heavy (non-hydrogen) atoms. The highest BCUT2D eigenvalue weighted by molar-refractivity contribution is 7.10. The molecule has 1 heterocycles. The van der Waals surface area contributed by atoms with Crippen molar-refractivity contribution in [2.24, 2.45) is 0 Å². The highest BCUT2D eigenvalue weighted by Crippen LogP contribution is 2.22. The average Bonchev–Trinajstić information content (AvgIpc) is 2.70. The van der Waals surface area contributed by atoms with E-state index in [-0.39, 0.29) is 0 Å². The van der Waals surface area contributed by atoms with Gasteiger partial charge in [0.15, 0.2) is 0 Å². The average molecular weight is 207 g/mol. The van der Waals surface area contributed by atoms with Gasteiger partial charge in [-0.1, -0.05) is 13.0 Å². The molecule has 0 amide bonds. The maximum absolute atomic E-state index is 3.49. The zero-order valence-electron chi connectivity index (χ0n) is 8.84. The summed E-state index contributed by atoms with van der Waals surface area (Å²) in [6.07, 6.45) is 2.08. The minimum absolute atomic E-state index is 0.487. The molecule has 0 radical (unpaired) electrons. The van der Waals surface area contributed by atoms with Gasteiger partial charge in [-0.15, -0.1) is 23.2 Å². The topological polar surface area (TPSA) is 12.0 Å². The summed E-state index contributed by atoms with van der Waals surface area (Å²) in [6.45, 7) is 5.06. The van der Waals surface area contributed by atoms with E-state index in [1.807, 2.05) is 18.3 Å². The van der Waals surface area contributed by atoms with Crippen LogP contribution >= 0.6 is 11.3 Å². The Balaban J connectivity index is 2.50.